The highest BCUT2D eigenvalue weighted by molar-refractivity contribution is 7.87. The Morgan fingerprint density at radius 2 is 1.04 bits per heavy atom. The summed E-state index contributed by atoms with van der Waals surface area (Å²) in [5, 5.41) is 64.7. The fraction of sp³-hybridized carbons (Fsp3) is 0.0980. The molecule has 0 atom stereocenters. The van der Waals surface area contributed by atoms with Gasteiger partial charge in [-0.15, -0.1) is 20.1 Å². The Bertz CT molecular complexity index is 4820. The smallest absolute Gasteiger partial charge is 0.303 e. The number of carbonyl (C=O) groups excluding carboxylic acids is 1. The van der Waals surface area contributed by atoms with Crippen molar-refractivity contribution in [1.82, 2.24) is 15.0 Å². The Balaban J connectivity index is 0.904. The number of hydrogen-bond donors (Lipinski definition) is 7. The van der Waals surface area contributed by atoms with Crippen LogP contribution in [0, 0.1) is 20.8 Å². The van der Waals surface area contributed by atoms with Gasteiger partial charge in [-0.25, -0.2) is 0 Å². The summed E-state index contributed by atoms with van der Waals surface area (Å²) in [6.07, 6.45) is -0.518. The molecule has 0 aliphatic carbocycles. The molecule has 8 aromatic carbocycles. The molecule has 1 aromatic heterocycles. The summed E-state index contributed by atoms with van der Waals surface area (Å²) in [4.78, 5) is 20.2. The minimum Gasteiger partial charge on any atom is -0.505 e. The van der Waals surface area contributed by atoms with Gasteiger partial charge in [0.15, 0.2) is 5.75 Å². The standard InChI is InChI=1S/C51H40N12O16S4/c1-26-18-32(9-13-39(26)57-56-34-10-15-43(45(23-34)82(74,75)76)63-61-40-14-12-37-38(49(40)62-63)24-35(80(68,69)70)25-44(37)81(71,72)73)55-58-41-19-28(3)42(20-27(41)2)59-60-50-46(83(77,78)79)22-29-21-33(8-11-36(29)51(50)67)54-53-31-6-4-30(5-7-31)52-47(64)16-17-48(65)66/h4-15,18-25,67H,16-17H2,1-3H3,(H,52,64)(H,65,66)(H,68,69,70)(H,71,72,73)(H,74,75,76)(H,77,78,79)/b54-53-,57-56-,58-55-,60-59+. The van der Waals surface area contributed by atoms with Gasteiger partial charge in [-0.1, -0.05) is 6.07 Å². The lowest BCUT2D eigenvalue weighted by atomic mass is 10.1. The average Bonchev–Trinajstić information content (AvgIpc) is 3.57. The Labute approximate surface area is 469 Å². The molecule has 0 radical (unpaired) electrons. The highest BCUT2D eigenvalue weighted by atomic mass is 32.2. The van der Waals surface area contributed by atoms with Crippen LogP contribution >= 0.6 is 0 Å². The van der Waals surface area contributed by atoms with E-state index in [1.807, 2.05) is 0 Å². The Kier molecular flexibility index (Phi) is 15.7. The van der Waals surface area contributed by atoms with Crippen molar-refractivity contribution in [2.24, 2.45) is 40.9 Å². The average molecular weight is 1210 g/mol. The number of aryl methyl sites for hydroxylation is 3. The molecule has 9 rings (SSSR count). The Morgan fingerprint density at radius 1 is 0.494 bits per heavy atom. The summed E-state index contributed by atoms with van der Waals surface area (Å²) in [5.74, 6) is -2.18. The maximum atomic E-state index is 12.7. The molecule has 83 heavy (non-hydrogen) atoms. The van der Waals surface area contributed by atoms with Gasteiger partial charge in [-0.05, 0) is 158 Å². The van der Waals surface area contributed by atoms with E-state index >= 15 is 0 Å². The van der Waals surface area contributed by atoms with E-state index in [-0.39, 0.29) is 68.2 Å². The molecular formula is C51H40N12O16S4. The van der Waals surface area contributed by atoms with Gasteiger partial charge in [-0.2, -0.15) is 69.5 Å². The quantitative estimate of drug-likeness (QED) is 0.0329. The molecule has 32 heteroatoms. The van der Waals surface area contributed by atoms with E-state index in [1.54, 1.807) is 75.4 Å². The summed E-state index contributed by atoms with van der Waals surface area (Å²) in [6, 6.07) is 27.1. The summed E-state index contributed by atoms with van der Waals surface area (Å²) in [7, 11) is -20.1. The van der Waals surface area contributed by atoms with Gasteiger partial charge in [0.25, 0.3) is 40.5 Å². The molecule has 0 bridgehead atoms. The zero-order valence-corrected chi connectivity index (χ0v) is 46.0. The number of hydrogen-bond acceptors (Lipinski definition) is 21. The zero-order valence-electron chi connectivity index (χ0n) is 42.8. The van der Waals surface area contributed by atoms with Crippen molar-refractivity contribution in [1.29, 1.82) is 0 Å². The first-order valence-electron chi connectivity index (χ1n) is 23.7. The first kappa shape index (κ1) is 58.1. The number of carboxylic acids is 1. The molecule has 424 valence electrons. The molecule has 0 unspecified atom stereocenters. The van der Waals surface area contributed by atoms with Gasteiger partial charge in [0.1, 0.15) is 37.1 Å². The van der Waals surface area contributed by atoms with Gasteiger partial charge in [0.2, 0.25) is 5.91 Å². The second-order valence-electron chi connectivity index (χ2n) is 18.2. The second-order valence-corrected chi connectivity index (χ2v) is 23.7. The fourth-order valence-corrected chi connectivity index (χ4v) is 10.8. The number of nitrogens with one attached hydrogen (secondary N) is 1. The largest absolute Gasteiger partial charge is 0.505 e. The van der Waals surface area contributed by atoms with Crippen LogP contribution in [0.5, 0.6) is 5.75 Å². The maximum Gasteiger partial charge on any atom is 0.303 e. The van der Waals surface area contributed by atoms with Crippen LogP contribution in [0.25, 0.3) is 38.3 Å². The molecule has 0 aliphatic rings. The predicted molar refractivity (Wildman–Crippen MR) is 297 cm³/mol. The van der Waals surface area contributed by atoms with E-state index in [9.17, 15) is 66.6 Å². The van der Waals surface area contributed by atoms with Crippen LogP contribution in [0.3, 0.4) is 0 Å². The molecule has 0 spiro atoms. The molecule has 0 aliphatic heterocycles. The zero-order chi connectivity index (χ0) is 59.9. The highest BCUT2D eigenvalue weighted by Gasteiger charge is 2.26. The number of anilines is 1. The molecule has 0 fully saturated rings. The third kappa shape index (κ3) is 13.1. The third-order valence-corrected chi connectivity index (χ3v) is 15.7. The van der Waals surface area contributed by atoms with Crippen LogP contribution in [-0.2, 0) is 50.1 Å². The minimum atomic E-state index is -5.04. The fourth-order valence-electron chi connectivity index (χ4n) is 8.17. The number of azo groups is 4. The molecule has 0 saturated heterocycles. The number of amides is 1. The van der Waals surface area contributed by atoms with Gasteiger partial charge in [0, 0.05) is 28.3 Å². The van der Waals surface area contributed by atoms with E-state index in [2.05, 4.69) is 56.4 Å². The van der Waals surface area contributed by atoms with E-state index in [0.29, 0.717) is 51.2 Å². The lowest BCUT2D eigenvalue weighted by molar-refractivity contribution is -0.138. The van der Waals surface area contributed by atoms with Crippen LogP contribution in [0.15, 0.2) is 182 Å². The lowest BCUT2D eigenvalue weighted by Crippen LogP contribution is -2.12. The Morgan fingerprint density at radius 3 is 1.66 bits per heavy atom. The molecule has 1 amide bonds. The molecule has 7 N–H and O–H groups in total. The molecule has 0 saturated carbocycles. The molecular weight excluding hydrogens is 1160 g/mol. The van der Waals surface area contributed by atoms with E-state index < -0.39 is 83.4 Å². The number of aromatic nitrogens is 3. The number of rotatable bonds is 17. The van der Waals surface area contributed by atoms with E-state index in [4.69, 9.17) is 5.11 Å². The van der Waals surface area contributed by atoms with Crippen molar-refractivity contribution in [2.45, 2.75) is 53.2 Å². The van der Waals surface area contributed by atoms with Crippen LogP contribution in [-0.4, -0.2) is 89.0 Å². The number of phenols is 1. The van der Waals surface area contributed by atoms with Crippen LogP contribution in [0.4, 0.5) is 51.2 Å². The number of aliphatic carboxylic acids is 1. The van der Waals surface area contributed by atoms with Gasteiger partial charge in [0.05, 0.1) is 51.1 Å². The number of phenolic OH excluding ortho intramolecular Hbond substituents is 1. The lowest BCUT2D eigenvalue weighted by Gasteiger charge is -2.10. The topological polar surface area (TPSA) is 434 Å². The normalized spacial score (nSPS) is 12.8. The van der Waals surface area contributed by atoms with Crippen molar-refractivity contribution in [3.05, 3.63) is 138 Å². The van der Waals surface area contributed by atoms with Crippen LogP contribution in [0.2, 0.25) is 0 Å². The monoisotopic (exact) mass is 1200 g/mol. The van der Waals surface area contributed by atoms with Crippen molar-refractivity contribution in [3.63, 3.8) is 0 Å². The molecule has 1 heterocycles. The molecule has 9 aromatic rings. The SMILES string of the molecule is Cc1cc(/N=N\c2cc(C)c(/N=N/c3c(S(=O)(=O)O)cc4cc(/N=N\c5ccc(NC(=O)CCC(=O)O)cc5)ccc4c3O)cc2C)ccc1/N=N\c1ccc(-n2nc3ccc4c(S(=O)(=O)O)cc(S(=O)(=O)O)cc4c3n2)c(S(=O)(=O)O)c1. The predicted octanol–water partition coefficient (Wildman–Crippen LogP) is 11.8. The summed E-state index contributed by atoms with van der Waals surface area (Å²) < 4.78 is 139. The van der Waals surface area contributed by atoms with Gasteiger partial charge >= 0.3 is 5.97 Å². The summed E-state index contributed by atoms with van der Waals surface area (Å²) in [6.45, 7) is 5.08. The van der Waals surface area contributed by atoms with Crippen molar-refractivity contribution >= 4 is 136 Å². The van der Waals surface area contributed by atoms with Crippen LogP contribution < -0.4 is 5.32 Å². The number of carboxylic acid groups (broad SMARTS) is 1. The first-order valence-corrected chi connectivity index (χ1v) is 29.4. The van der Waals surface area contributed by atoms with Crippen molar-refractivity contribution in [3.8, 4) is 11.4 Å². The molecule has 28 nitrogen and oxygen atoms in total. The number of carbonyl (C=O) groups is 2. The van der Waals surface area contributed by atoms with Crippen LogP contribution in [0.1, 0.15) is 29.5 Å². The highest BCUT2D eigenvalue weighted by Crippen LogP contribution is 2.43. The number of nitrogens with zero attached hydrogens (tertiary/aromatic N) is 11. The van der Waals surface area contributed by atoms with Gasteiger partial charge < -0.3 is 15.5 Å². The Hall–Kier alpha value is -9.54. The van der Waals surface area contributed by atoms with E-state index in [0.717, 1.165) is 23.0 Å². The number of fused-ring (bicyclic) bond motifs is 4. The first-order chi connectivity index (χ1) is 39.0. The number of benzene rings is 8. The summed E-state index contributed by atoms with van der Waals surface area (Å²) >= 11 is 0. The van der Waals surface area contributed by atoms with E-state index in [1.165, 1.54) is 42.5 Å². The summed E-state index contributed by atoms with van der Waals surface area (Å²) in [5.41, 5.74) is 2.99. The minimum absolute atomic E-state index is 0.00814. The van der Waals surface area contributed by atoms with Crippen molar-refractivity contribution < 1.29 is 71.7 Å². The third-order valence-electron chi connectivity index (χ3n) is 12.2. The maximum absolute atomic E-state index is 12.7. The second kappa shape index (κ2) is 22.4. The van der Waals surface area contributed by atoms with Gasteiger partial charge in [-0.3, -0.25) is 27.8 Å². The number of aromatic hydroxyl groups is 1. The van der Waals surface area contributed by atoms with Crippen molar-refractivity contribution in [2.75, 3.05) is 5.32 Å².